The zero-order valence-electron chi connectivity index (χ0n) is 22.2. The van der Waals surface area contributed by atoms with Crippen molar-refractivity contribution in [3.8, 4) is 0 Å². The van der Waals surface area contributed by atoms with E-state index in [0.717, 1.165) is 34.1 Å². The average molecular weight is 546 g/mol. The third kappa shape index (κ3) is 9.85. The molecule has 0 radical (unpaired) electrons. The Morgan fingerprint density at radius 2 is 1.00 bits per heavy atom. The van der Waals surface area contributed by atoms with Crippen LogP contribution < -0.4 is 16.0 Å². The van der Waals surface area contributed by atoms with Gasteiger partial charge in [0, 0.05) is 62.2 Å². The summed E-state index contributed by atoms with van der Waals surface area (Å²) in [6.45, 7) is 2.94. The number of nitrogens with zero attached hydrogens (tertiary/aromatic N) is 2. The van der Waals surface area contributed by atoms with E-state index in [1.165, 1.54) is 0 Å². The minimum Gasteiger partial charge on any atom is -0.309 e. The molecule has 1 unspecified atom stereocenters. The summed E-state index contributed by atoms with van der Waals surface area (Å²) in [4.78, 5) is 97.6. The van der Waals surface area contributed by atoms with Gasteiger partial charge >= 0.3 is 0 Å². The van der Waals surface area contributed by atoms with E-state index in [0.29, 0.717) is 19.4 Å². The van der Waals surface area contributed by atoms with Crippen LogP contribution in [0.25, 0.3) is 0 Å². The van der Waals surface area contributed by atoms with Gasteiger partial charge in [0.1, 0.15) is 5.78 Å². The van der Waals surface area contributed by atoms with Gasteiger partial charge in [0.05, 0.1) is 32.7 Å². The summed E-state index contributed by atoms with van der Waals surface area (Å²) < 4.78 is 0. The molecule has 0 spiro atoms. The fourth-order valence-corrected chi connectivity index (χ4v) is 4.00. The zero-order chi connectivity index (χ0) is 28.9. The minimum atomic E-state index is -0.673. The van der Waals surface area contributed by atoms with Crippen molar-refractivity contribution in [1.29, 1.82) is 0 Å². The number of Topliss-reactive ketones (excluding diaryl/α,β-unsaturated/α-hetero) is 4. The largest absolute Gasteiger partial charge is 0.309 e. The van der Waals surface area contributed by atoms with Crippen molar-refractivity contribution in [1.82, 2.24) is 25.8 Å². The Bertz CT molecular complexity index is 969. The summed E-state index contributed by atoms with van der Waals surface area (Å²) in [6.07, 6.45) is 5.38. The molecule has 4 amide bonds. The second kappa shape index (κ2) is 15.7. The van der Waals surface area contributed by atoms with Crippen LogP contribution in [-0.2, 0) is 38.4 Å². The molecule has 2 aliphatic heterocycles. The summed E-state index contributed by atoms with van der Waals surface area (Å²) in [5.41, 5.74) is 0. The molecule has 212 valence electrons. The molecule has 13 heteroatoms. The number of amides is 4. The molecule has 0 bridgehead atoms. The third-order valence-corrected chi connectivity index (χ3v) is 6.34. The molecule has 0 saturated heterocycles. The van der Waals surface area contributed by atoms with Gasteiger partial charge in [-0.05, 0) is 6.42 Å². The summed E-state index contributed by atoms with van der Waals surface area (Å²) in [7, 11) is 0. The van der Waals surface area contributed by atoms with E-state index in [4.69, 9.17) is 0 Å². The van der Waals surface area contributed by atoms with Crippen LogP contribution in [0.1, 0.15) is 26.7 Å². The molecule has 3 N–H and O–H groups in total. The smallest absolute Gasteiger partial charge is 0.254 e. The van der Waals surface area contributed by atoms with Gasteiger partial charge in [-0.25, -0.2) is 0 Å². The number of carbonyl (C=O) groups is 8. The highest BCUT2D eigenvalue weighted by Gasteiger charge is 2.27. The van der Waals surface area contributed by atoms with Gasteiger partial charge < -0.3 is 16.0 Å². The summed E-state index contributed by atoms with van der Waals surface area (Å²) in [5.74, 6) is -4.13. The first-order valence-electron chi connectivity index (χ1n) is 12.8. The molecule has 13 nitrogen and oxygen atoms in total. The fourth-order valence-electron chi connectivity index (χ4n) is 4.00. The molecule has 0 saturated carbocycles. The van der Waals surface area contributed by atoms with Crippen molar-refractivity contribution < 1.29 is 38.4 Å². The van der Waals surface area contributed by atoms with Gasteiger partial charge in [-0.2, -0.15) is 0 Å². The van der Waals surface area contributed by atoms with E-state index in [-0.39, 0.29) is 50.2 Å². The van der Waals surface area contributed by atoms with E-state index in [1.54, 1.807) is 6.92 Å². The molecule has 0 aliphatic carbocycles. The van der Waals surface area contributed by atoms with E-state index in [2.05, 4.69) is 16.0 Å². The fraction of sp³-hybridized carbons (Fsp3) is 0.538. The summed E-state index contributed by atoms with van der Waals surface area (Å²) >= 11 is 0. The second-order valence-corrected chi connectivity index (χ2v) is 9.25. The molecule has 0 aromatic heterocycles. The Balaban J connectivity index is 1.86. The van der Waals surface area contributed by atoms with E-state index in [9.17, 15) is 38.4 Å². The van der Waals surface area contributed by atoms with Crippen molar-refractivity contribution in [2.75, 3.05) is 52.4 Å². The predicted octanol–water partition coefficient (Wildman–Crippen LogP) is -2.07. The lowest BCUT2D eigenvalue weighted by atomic mass is 9.98. The first-order chi connectivity index (χ1) is 18.6. The Kier molecular flexibility index (Phi) is 12.7. The van der Waals surface area contributed by atoms with Crippen LogP contribution in [0.3, 0.4) is 0 Å². The van der Waals surface area contributed by atoms with Gasteiger partial charge in [0.25, 0.3) is 23.6 Å². The van der Waals surface area contributed by atoms with Crippen LogP contribution in [-0.4, -0.2) is 109 Å². The Morgan fingerprint density at radius 1 is 0.615 bits per heavy atom. The lowest BCUT2D eigenvalue weighted by molar-refractivity contribution is -0.140. The van der Waals surface area contributed by atoms with Crippen LogP contribution in [0.5, 0.6) is 0 Å². The van der Waals surface area contributed by atoms with Gasteiger partial charge in [-0.15, -0.1) is 0 Å². The maximum atomic E-state index is 12.9. The second-order valence-electron chi connectivity index (χ2n) is 9.25. The highest BCUT2D eigenvalue weighted by Crippen LogP contribution is 2.06. The average Bonchev–Trinajstić information content (AvgIpc) is 3.39. The van der Waals surface area contributed by atoms with Crippen LogP contribution in [0.15, 0.2) is 24.3 Å². The van der Waals surface area contributed by atoms with E-state index < -0.39 is 54.2 Å². The first kappa shape index (κ1) is 31.5. The zero-order valence-corrected chi connectivity index (χ0v) is 22.2. The van der Waals surface area contributed by atoms with Gasteiger partial charge in [0.15, 0.2) is 17.3 Å². The maximum absolute atomic E-state index is 12.9. The van der Waals surface area contributed by atoms with Gasteiger partial charge in [-0.1, -0.05) is 13.8 Å². The number of hydrogen-bond donors (Lipinski definition) is 3. The molecule has 0 aromatic rings. The Labute approximate surface area is 226 Å². The number of ketones is 4. The molecule has 2 heterocycles. The molecule has 2 rings (SSSR count). The molecule has 0 aromatic carbocycles. The van der Waals surface area contributed by atoms with Crippen molar-refractivity contribution in [3.05, 3.63) is 24.3 Å². The molecule has 1 atom stereocenters. The van der Waals surface area contributed by atoms with Gasteiger partial charge in [0.2, 0.25) is 0 Å². The number of carbonyl (C=O) groups excluding carboxylic acids is 8. The third-order valence-electron chi connectivity index (χ3n) is 6.34. The predicted molar refractivity (Wildman–Crippen MR) is 138 cm³/mol. The quantitative estimate of drug-likeness (QED) is 0.143. The lowest BCUT2D eigenvalue weighted by Crippen LogP contribution is -2.45. The SMILES string of the molecule is CCC(=O)C(CC)CNCC(=O)C(CNCC(=O)CN1C(=O)C=CC1=O)CNCC(=O)CN1C(=O)C=CC1=O. The van der Waals surface area contributed by atoms with Crippen LogP contribution >= 0.6 is 0 Å². The summed E-state index contributed by atoms with van der Waals surface area (Å²) in [5, 5.41) is 8.74. The first-order valence-corrected chi connectivity index (χ1v) is 12.8. The Hall–Kier alpha value is -3.68. The molecular weight excluding hydrogens is 510 g/mol. The number of hydrogen-bond acceptors (Lipinski definition) is 11. The normalized spacial score (nSPS) is 15.7. The van der Waals surface area contributed by atoms with Crippen LogP contribution in [0.4, 0.5) is 0 Å². The molecular formula is C26H35N5O8. The van der Waals surface area contributed by atoms with Gasteiger partial charge in [-0.3, -0.25) is 48.2 Å². The number of nitrogens with one attached hydrogen (secondary N) is 3. The molecule has 0 fully saturated rings. The van der Waals surface area contributed by atoms with E-state index >= 15 is 0 Å². The number of rotatable bonds is 20. The number of imide groups is 2. The highest BCUT2D eigenvalue weighted by molar-refractivity contribution is 6.15. The van der Waals surface area contributed by atoms with Crippen molar-refractivity contribution in [2.45, 2.75) is 26.7 Å². The van der Waals surface area contributed by atoms with Crippen molar-refractivity contribution in [2.24, 2.45) is 11.8 Å². The standard InChI is InChI=1S/C26H35N5O8/c1-3-17(21(34)4-2)9-29-14-22(35)18(10-27-12-19(32)15-30-23(36)5-6-24(30)37)11-28-13-20(33)16-31-25(38)7-8-26(31)39/h5-8,17-18,27-29H,3-4,9-16H2,1-2H3. The topological polar surface area (TPSA) is 179 Å². The van der Waals surface area contributed by atoms with Crippen molar-refractivity contribution in [3.63, 3.8) is 0 Å². The summed E-state index contributed by atoms with van der Waals surface area (Å²) in [6, 6.07) is 0. The Morgan fingerprint density at radius 3 is 1.38 bits per heavy atom. The highest BCUT2D eigenvalue weighted by atomic mass is 16.2. The van der Waals surface area contributed by atoms with Crippen LogP contribution in [0.2, 0.25) is 0 Å². The molecule has 39 heavy (non-hydrogen) atoms. The van der Waals surface area contributed by atoms with E-state index in [1.807, 2.05) is 6.92 Å². The molecule has 2 aliphatic rings. The maximum Gasteiger partial charge on any atom is 0.254 e. The minimum absolute atomic E-state index is 0.0334. The van der Waals surface area contributed by atoms with Crippen LogP contribution in [0, 0.1) is 11.8 Å². The lowest BCUT2D eigenvalue weighted by Gasteiger charge is -2.20. The van der Waals surface area contributed by atoms with Crippen molar-refractivity contribution >= 4 is 46.8 Å². The monoisotopic (exact) mass is 545 g/mol.